The molecule has 1 unspecified atom stereocenters. The van der Waals surface area contributed by atoms with E-state index in [0.29, 0.717) is 31.6 Å². The van der Waals surface area contributed by atoms with Gasteiger partial charge >= 0.3 is 6.09 Å². The predicted octanol–water partition coefficient (Wildman–Crippen LogP) is 8.10. The van der Waals surface area contributed by atoms with Gasteiger partial charge in [-0.2, -0.15) is 11.8 Å². The molecule has 1 fully saturated rings. The van der Waals surface area contributed by atoms with Crippen molar-refractivity contribution >= 4 is 52.6 Å². The summed E-state index contributed by atoms with van der Waals surface area (Å²) in [5.41, 5.74) is 1.13. The summed E-state index contributed by atoms with van der Waals surface area (Å²) in [7, 11) is 2.01. The van der Waals surface area contributed by atoms with Crippen LogP contribution in [0.5, 0.6) is 5.75 Å². The minimum Gasteiger partial charge on any atom is -0.508 e. The van der Waals surface area contributed by atoms with Crippen molar-refractivity contribution in [2.24, 2.45) is 23.7 Å². The van der Waals surface area contributed by atoms with Gasteiger partial charge in [0.15, 0.2) is 11.6 Å². The number of carbonyl (C=O) groups is 5. The average Bonchev–Trinajstić information content (AvgIpc) is 3.75. The van der Waals surface area contributed by atoms with Crippen molar-refractivity contribution < 1.29 is 38.6 Å². The second-order valence-electron chi connectivity index (χ2n) is 17.5. The first kappa shape index (κ1) is 52.8. The van der Waals surface area contributed by atoms with Crippen molar-refractivity contribution in [2.75, 3.05) is 52.1 Å². The Bertz CT molecular complexity index is 1690. The van der Waals surface area contributed by atoms with E-state index in [9.17, 15) is 29.1 Å². The Labute approximate surface area is 379 Å². The Hall–Kier alpha value is -3.53. The van der Waals surface area contributed by atoms with Crippen LogP contribution >= 0.6 is 23.1 Å². The smallest absolute Gasteiger partial charge is 0.407 e. The number of rotatable bonds is 28. The van der Waals surface area contributed by atoms with Gasteiger partial charge in [-0.3, -0.25) is 24.1 Å². The van der Waals surface area contributed by atoms with Gasteiger partial charge in [-0.15, -0.1) is 11.3 Å². The number of ether oxygens (including phenoxy) is 2. The molecule has 3 amide bonds. The maximum Gasteiger partial charge on any atom is 0.407 e. The number of nitrogens with zero attached hydrogens (tertiary/aromatic N) is 3. The van der Waals surface area contributed by atoms with E-state index in [1.165, 1.54) is 11.3 Å². The molecular formula is C47H75N5O8S2. The number of hydrogen-bond acceptors (Lipinski definition) is 12. The maximum absolute atomic E-state index is 14.8. The number of nitrogens with one attached hydrogen (secondary N) is 2. The second kappa shape index (κ2) is 27.6. The number of unbranched alkanes of at least 4 members (excludes halogenated alkanes) is 1. The summed E-state index contributed by atoms with van der Waals surface area (Å²) in [6.07, 6.45) is 8.34. The molecule has 62 heavy (non-hydrogen) atoms. The monoisotopic (exact) mass is 902 g/mol. The minimum atomic E-state index is -0.647. The standard InChI is InChI=1S/C47H75N5O8S2/c1-10-12-21-59-30-52(46(57)38(32(5)11-2)27-42(54)40-15-13-14-20-51(40)8)41(31(3)4)25-34(7)45-50-39(29-62-45)44(56)49-36(26-35-16-18-37(53)19-17-35)24-33(6)43(55)28-48-47(58)60-22-23-61-9/h16-19,29,31-34,36,38,40-41,53H,10-15,20-28,30H2,1-9H3,(H,48,58)(H,49,56)/t32?,33-,34+,36+,38-,40+,41+/m0/s1. The highest BCUT2D eigenvalue weighted by Crippen LogP contribution is 2.33. The molecule has 1 aromatic carbocycles. The van der Waals surface area contributed by atoms with E-state index >= 15 is 0 Å². The Morgan fingerprint density at radius 1 is 1.03 bits per heavy atom. The molecule has 0 spiro atoms. The zero-order chi connectivity index (χ0) is 45.8. The number of hydrogen-bond donors (Lipinski definition) is 3. The van der Waals surface area contributed by atoms with Gasteiger partial charge in [0.05, 0.1) is 17.6 Å². The molecule has 7 atom stereocenters. The number of likely N-dealkylation sites (tertiary alicyclic amines) is 1. The largest absolute Gasteiger partial charge is 0.508 e. The third-order valence-corrected chi connectivity index (χ3v) is 13.8. The van der Waals surface area contributed by atoms with Gasteiger partial charge in [-0.1, -0.05) is 79.9 Å². The molecule has 0 aliphatic carbocycles. The number of thioether (sulfide) groups is 1. The quantitative estimate of drug-likeness (QED) is 0.0558. The minimum absolute atomic E-state index is 0.0119. The number of benzene rings is 1. The number of aromatic nitrogens is 1. The first-order valence-electron chi connectivity index (χ1n) is 22.7. The van der Waals surface area contributed by atoms with E-state index in [4.69, 9.17) is 14.5 Å². The highest BCUT2D eigenvalue weighted by Gasteiger charge is 2.38. The Balaban J connectivity index is 1.79. The fourth-order valence-corrected chi connectivity index (χ4v) is 9.09. The Kier molecular flexibility index (Phi) is 23.5. The van der Waals surface area contributed by atoms with Gasteiger partial charge in [-0.25, -0.2) is 9.78 Å². The number of Topliss-reactive ketones (excluding diaryl/α,β-unsaturated/α-hetero) is 2. The van der Waals surface area contributed by atoms with Crippen LogP contribution in [-0.4, -0.2) is 120 Å². The molecule has 13 nitrogen and oxygen atoms in total. The summed E-state index contributed by atoms with van der Waals surface area (Å²) in [6, 6.07) is 5.91. The van der Waals surface area contributed by atoms with Crippen LogP contribution in [0, 0.1) is 23.7 Å². The number of likely N-dealkylation sites (N-methyl/N-ethyl adjacent to an activating group) is 1. The van der Waals surface area contributed by atoms with Crippen LogP contribution in [0.4, 0.5) is 4.79 Å². The molecule has 0 radical (unpaired) electrons. The maximum atomic E-state index is 14.8. The number of amides is 3. The van der Waals surface area contributed by atoms with E-state index in [0.717, 1.165) is 55.6 Å². The fourth-order valence-electron chi connectivity index (χ4n) is 7.97. The lowest BCUT2D eigenvalue weighted by Crippen LogP contribution is -2.50. The molecule has 3 N–H and O–H groups in total. The zero-order valence-corrected chi connectivity index (χ0v) is 40.4. The third-order valence-electron chi connectivity index (χ3n) is 12.2. The van der Waals surface area contributed by atoms with E-state index in [1.807, 2.05) is 18.2 Å². The van der Waals surface area contributed by atoms with E-state index in [1.54, 1.807) is 48.3 Å². The molecule has 3 rings (SSSR count). The summed E-state index contributed by atoms with van der Waals surface area (Å²) in [5, 5.41) is 18.0. The predicted molar refractivity (Wildman–Crippen MR) is 249 cm³/mol. The van der Waals surface area contributed by atoms with Crippen LogP contribution in [0.25, 0.3) is 0 Å². The van der Waals surface area contributed by atoms with Gasteiger partial charge in [0.2, 0.25) is 5.91 Å². The molecule has 0 saturated carbocycles. The van der Waals surface area contributed by atoms with Crippen LogP contribution in [0.15, 0.2) is 29.6 Å². The van der Waals surface area contributed by atoms with Crippen molar-refractivity contribution in [3.05, 3.63) is 45.9 Å². The molecule has 0 bridgehead atoms. The van der Waals surface area contributed by atoms with Crippen molar-refractivity contribution in [2.45, 2.75) is 137 Å². The molecule has 2 aromatic rings. The number of alkyl carbamates (subject to hydrolysis) is 1. The molecule has 1 aromatic heterocycles. The van der Waals surface area contributed by atoms with Gasteiger partial charge in [0.25, 0.3) is 5.91 Å². The lowest BCUT2D eigenvalue weighted by atomic mass is 9.82. The van der Waals surface area contributed by atoms with Gasteiger partial charge < -0.3 is 30.1 Å². The SMILES string of the molecule is CCCCOCN(C(=O)[C@@H](CC(=O)[C@H]1CCCCN1C)C(C)CC)[C@H](C[C@@H](C)c1nc(C(=O)N[C@@H](Cc2ccc(O)cc2)C[C@H](C)C(=O)CNC(=O)OCCSC)cs1)C(C)C. The first-order chi connectivity index (χ1) is 29.6. The Morgan fingerprint density at radius 2 is 1.76 bits per heavy atom. The highest BCUT2D eigenvalue weighted by molar-refractivity contribution is 7.98. The summed E-state index contributed by atoms with van der Waals surface area (Å²) in [5.74, 6) is -0.652. The summed E-state index contributed by atoms with van der Waals surface area (Å²) < 4.78 is 11.3. The number of piperidine rings is 1. The lowest BCUT2D eigenvalue weighted by molar-refractivity contribution is -0.150. The molecule has 1 aliphatic rings. The Morgan fingerprint density at radius 3 is 2.40 bits per heavy atom. The van der Waals surface area contributed by atoms with Gasteiger partial charge in [0.1, 0.15) is 24.8 Å². The molecule has 15 heteroatoms. The second-order valence-corrected chi connectivity index (χ2v) is 19.4. The number of ketones is 2. The third kappa shape index (κ3) is 17.2. The van der Waals surface area contributed by atoms with Crippen LogP contribution < -0.4 is 10.6 Å². The van der Waals surface area contributed by atoms with Gasteiger partial charge in [0, 0.05) is 54.0 Å². The van der Waals surface area contributed by atoms with Crippen molar-refractivity contribution in [3.8, 4) is 5.75 Å². The fraction of sp³-hybridized carbons (Fsp3) is 0.702. The molecule has 2 heterocycles. The molecule has 1 aliphatic heterocycles. The zero-order valence-electron chi connectivity index (χ0n) is 38.8. The van der Waals surface area contributed by atoms with Crippen LogP contribution in [0.1, 0.15) is 133 Å². The van der Waals surface area contributed by atoms with Crippen molar-refractivity contribution in [1.29, 1.82) is 0 Å². The molecule has 348 valence electrons. The number of thiazole rings is 1. The topological polar surface area (TPSA) is 167 Å². The summed E-state index contributed by atoms with van der Waals surface area (Å²) in [4.78, 5) is 76.4. The summed E-state index contributed by atoms with van der Waals surface area (Å²) in [6.45, 7) is 15.9. The normalized spacial score (nSPS) is 17.4. The summed E-state index contributed by atoms with van der Waals surface area (Å²) >= 11 is 2.95. The van der Waals surface area contributed by atoms with E-state index in [2.05, 4.69) is 57.1 Å². The number of phenols is 1. The first-order valence-corrected chi connectivity index (χ1v) is 24.9. The molecular weight excluding hydrogens is 827 g/mol. The molecule has 1 saturated heterocycles. The highest BCUT2D eigenvalue weighted by atomic mass is 32.2. The van der Waals surface area contributed by atoms with Gasteiger partial charge in [-0.05, 0) is 87.9 Å². The van der Waals surface area contributed by atoms with Crippen molar-refractivity contribution in [3.63, 3.8) is 0 Å². The van der Waals surface area contributed by atoms with E-state index in [-0.39, 0.29) is 91.0 Å². The van der Waals surface area contributed by atoms with E-state index < -0.39 is 24.0 Å². The number of carbonyl (C=O) groups excluding carboxylic acids is 5. The van der Waals surface area contributed by atoms with Crippen LogP contribution in [0.2, 0.25) is 0 Å². The lowest BCUT2D eigenvalue weighted by Gasteiger charge is -2.39. The van der Waals surface area contributed by atoms with Crippen LogP contribution in [-0.2, 0) is 30.3 Å². The average molecular weight is 902 g/mol. The number of phenolic OH excluding ortho intramolecular Hbond substituents is 1. The van der Waals surface area contributed by atoms with Crippen molar-refractivity contribution in [1.82, 2.24) is 25.4 Å². The van der Waals surface area contributed by atoms with Crippen LogP contribution in [0.3, 0.4) is 0 Å². The number of aromatic hydroxyl groups is 1.